The normalized spacial score (nSPS) is 13.1. The molecule has 3 N–H and O–H groups in total. The number of hydrogen-bond donors (Lipinski definition) is 3. The molecule has 0 spiro atoms. The highest BCUT2D eigenvalue weighted by molar-refractivity contribution is 6.02. The molecule has 164 valence electrons. The molecule has 0 saturated carbocycles. The van der Waals surface area contributed by atoms with E-state index in [4.69, 9.17) is 9.84 Å². The monoisotopic (exact) mass is 434 g/mol. The molecule has 0 fully saturated rings. The van der Waals surface area contributed by atoms with Gasteiger partial charge in [0, 0.05) is 13.0 Å². The van der Waals surface area contributed by atoms with Crippen LogP contribution < -0.4 is 10.6 Å². The summed E-state index contributed by atoms with van der Waals surface area (Å²) in [6.45, 7) is 1.46. The molecule has 2 aromatic carbocycles. The Hall–Kier alpha value is -4.14. The van der Waals surface area contributed by atoms with Gasteiger partial charge in [0.15, 0.2) is 0 Å². The largest absolute Gasteiger partial charge is 0.480 e. The van der Waals surface area contributed by atoms with Gasteiger partial charge in [0.1, 0.15) is 24.0 Å². The molecular weight excluding hydrogens is 412 g/mol. The van der Waals surface area contributed by atoms with E-state index in [2.05, 4.69) is 15.7 Å². The number of nitrogens with zero attached hydrogens (tertiary/aromatic N) is 2. The lowest BCUT2D eigenvalue weighted by atomic mass is 9.98. The van der Waals surface area contributed by atoms with Crippen molar-refractivity contribution in [3.05, 3.63) is 71.4 Å². The maximum Gasteiger partial charge on any atom is 0.412 e. The van der Waals surface area contributed by atoms with Gasteiger partial charge in [-0.1, -0.05) is 48.5 Å². The number of carboxylic acids is 1. The Bertz CT molecular complexity index is 1160. The number of aliphatic carboxylic acids is 1. The van der Waals surface area contributed by atoms with Crippen molar-refractivity contribution in [2.45, 2.75) is 18.9 Å². The van der Waals surface area contributed by atoms with Crippen molar-refractivity contribution in [1.29, 1.82) is 0 Å². The number of ether oxygens (including phenoxy) is 1. The van der Waals surface area contributed by atoms with Gasteiger partial charge < -0.3 is 15.2 Å². The Labute approximate surface area is 184 Å². The minimum atomic E-state index is -1.17. The summed E-state index contributed by atoms with van der Waals surface area (Å²) in [5.74, 6) is -1.83. The molecule has 1 aliphatic rings. The van der Waals surface area contributed by atoms with E-state index in [0.717, 1.165) is 22.3 Å². The van der Waals surface area contributed by atoms with Crippen molar-refractivity contribution in [3.8, 4) is 11.1 Å². The van der Waals surface area contributed by atoms with E-state index in [1.807, 2.05) is 48.5 Å². The summed E-state index contributed by atoms with van der Waals surface area (Å²) < 4.78 is 6.81. The summed E-state index contributed by atoms with van der Waals surface area (Å²) in [6.07, 6.45) is 0.513. The van der Waals surface area contributed by atoms with Crippen molar-refractivity contribution in [2.24, 2.45) is 7.05 Å². The van der Waals surface area contributed by atoms with Crippen molar-refractivity contribution in [1.82, 2.24) is 15.1 Å². The number of aromatic nitrogens is 2. The SMILES string of the molecule is C[C@H](NC(=O)c1cnn(C)c1NC(=O)OCC1c2ccccc2-c2ccccc21)C(=O)O. The molecular formula is C23H22N4O5. The van der Waals surface area contributed by atoms with E-state index in [1.54, 1.807) is 7.05 Å². The highest BCUT2D eigenvalue weighted by Gasteiger charge is 2.29. The van der Waals surface area contributed by atoms with E-state index in [-0.39, 0.29) is 23.9 Å². The summed E-state index contributed by atoms with van der Waals surface area (Å²) in [7, 11) is 1.55. The van der Waals surface area contributed by atoms with Gasteiger partial charge in [0.25, 0.3) is 5.91 Å². The smallest absolute Gasteiger partial charge is 0.412 e. The molecule has 0 aliphatic heterocycles. The van der Waals surface area contributed by atoms with Crippen LogP contribution in [0.15, 0.2) is 54.7 Å². The number of benzene rings is 2. The van der Waals surface area contributed by atoms with Crippen LogP contribution in [-0.4, -0.2) is 45.5 Å². The van der Waals surface area contributed by atoms with Crippen LogP contribution in [0, 0.1) is 0 Å². The summed E-state index contributed by atoms with van der Waals surface area (Å²) in [5, 5.41) is 17.8. The standard InChI is InChI=1S/C23H22N4O5/c1-13(22(29)30)25-21(28)18-11-24-27(2)20(18)26-23(31)32-12-19-16-9-5-3-7-14(16)15-8-4-6-10-17(15)19/h3-11,13,19H,12H2,1-2H3,(H,25,28)(H,26,31)(H,29,30)/t13-/m0/s1. The molecule has 0 bridgehead atoms. The number of anilines is 1. The summed E-state index contributed by atoms with van der Waals surface area (Å²) in [5.41, 5.74) is 4.45. The fraction of sp³-hybridized carbons (Fsp3) is 0.217. The summed E-state index contributed by atoms with van der Waals surface area (Å²) in [6, 6.07) is 14.9. The zero-order chi connectivity index (χ0) is 22.8. The first kappa shape index (κ1) is 21.1. The molecule has 3 aromatic rings. The molecule has 9 heteroatoms. The molecule has 2 amide bonds. The second kappa shape index (κ2) is 8.54. The van der Waals surface area contributed by atoms with Gasteiger partial charge in [0.2, 0.25) is 0 Å². The molecule has 4 rings (SSSR count). The Kier molecular flexibility index (Phi) is 5.63. The lowest BCUT2D eigenvalue weighted by molar-refractivity contribution is -0.138. The van der Waals surface area contributed by atoms with Gasteiger partial charge in [-0.15, -0.1) is 0 Å². The molecule has 0 saturated heterocycles. The zero-order valence-electron chi connectivity index (χ0n) is 17.5. The van der Waals surface area contributed by atoms with Crippen LogP contribution in [0.5, 0.6) is 0 Å². The van der Waals surface area contributed by atoms with Gasteiger partial charge in [-0.3, -0.25) is 19.6 Å². The van der Waals surface area contributed by atoms with Crippen LogP contribution in [-0.2, 0) is 16.6 Å². The second-order valence-electron chi connectivity index (χ2n) is 7.51. The number of carbonyl (C=O) groups is 3. The van der Waals surface area contributed by atoms with E-state index in [1.165, 1.54) is 17.8 Å². The molecule has 0 unspecified atom stereocenters. The van der Waals surface area contributed by atoms with E-state index in [9.17, 15) is 14.4 Å². The topological polar surface area (TPSA) is 123 Å². The number of hydrogen-bond acceptors (Lipinski definition) is 5. The molecule has 9 nitrogen and oxygen atoms in total. The average Bonchev–Trinajstić information content (AvgIpc) is 3.30. The van der Waals surface area contributed by atoms with Crippen molar-refractivity contribution < 1.29 is 24.2 Å². The van der Waals surface area contributed by atoms with Gasteiger partial charge in [-0.2, -0.15) is 5.10 Å². The lowest BCUT2D eigenvalue weighted by Gasteiger charge is -2.15. The van der Waals surface area contributed by atoms with Crippen LogP contribution in [0.4, 0.5) is 10.6 Å². The molecule has 1 aromatic heterocycles. The van der Waals surface area contributed by atoms with Gasteiger partial charge >= 0.3 is 12.1 Å². The number of amides is 2. The van der Waals surface area contributed by atoms with Gasteiger partial charge in [0.05, 0.1) is 6.20 Å². The van der Waals surface area contributed by atoms with E-state index >= 15 is 0 Å². The Balaban J connectivity index is 1.46. The second-order valence-corrected chi connectivity index (χ2v) is 7.51. The van der Waals surface area contributed by atoms with Crippen LogP contribution >= 0.6 is 0 Å². The zero-order valence-corrected chi connectivity index (χ0v) is 17.5. The average molecular weight is 434 g/mol. The summed E-state index contributed by atoms with van der Waals surface area (Å²) >= 11 is 0. The highest BCUT2D eigenvalue weighted by atomic mass is 16.5. The first-order chi connectivity index (χ1) is 15.4. The van der Waals surface area contributed by atoms with Crippen molar-refractivity contribution in [3.63, 3.8) is 0 Å². The minimum Gasteiger partial charge on any atom is -0.480 e. The van der Waals surface area contributed by atoms with Crippen molar-refractivity contribution >= 4 is 23.8 Å². The first-order valence-corrected chi connectivity index (χ1v) is 10.0. The molecule has 1 heterocycles. The van der Waals surface area contributed by atoms with Gasteiger partial charge in [-0.05, 0) is 29.2 Å². The summed E-state index contributed by atoms with van der Waals surface area (Å²) in [4.78, 5) is 35.9. The molecule has 0 radical (unpaired) electrons. The Morgan fingerprint density at radius 1 is 1.09 bits per heavy atom. The van der Waals surface area contributed by atoms with Crippen LogP contribution in [0.1, 0.15) is 34.3 Å². The van der Waals surface area contributed by atoms with Crippen molar-refractivity contribution in [2.75, 3.05) is 11.9 Å². The number of nitrogens with one attached hydrogen (secondary N) is 2. The third-order valence-electron chi connectivity index (χ3n) is 5.47. The predicted octanol–water partition coefficient (Wildman–Crippen LogP) is 2.98. The van der Waals surface area contributed by atoms with Crippen LogP contribution in [0.3, 0.4) is 0 Å². The third-order valence-corrected chi connectivity index (χ3v) is 5.47. The van der Waals surface area contributed by atoms with Crippen LogP contribution in [0.25, 0.3) is 11.1 Å². The van der Waals surface area contributed by atoms with Gasteiger partial charge in [-0.25, -0.2) is 4.79 Å². The molecule has 1 atom stereocenters. The first-order valence-electron chi connectivity index (χ1n) is 10.0. The maximum atomic E-state index is 12.5. The quantitative estimate of drug-likeness (QED) is 0.548. The number of aryl methyl sites for hydroxylation is 1. The lowest BCUT2D eigenvalue weighted by Crippen LogP contribution is -2.38. The Morgan fingerprint density at radius 3 is 2.28 bits per heavy atom. The number of rotatable bonds is 6. The maximum absolute atomic E-state index is 12.5. The number of carbonyl (C=O) groups excluding carboxylic acids is 2. The Morgan fingerprint density at radius 2 is 1.69 bits per heavy atom. The predicted molar refractivity (Wildman–Crippen MR) is 116 cm³/mol. The van der Waals surface area contributed by atoms with Crippen LogP contribution in [0.2, 0.25) is 0 Å². The molecule has 1 aliphatic carbocycles. The highest BCUT2D eigenvalue weighted by Crippen LogP contribution is 2.44. The molecule has 32 heavy (non-hydrogen) atoms. The number of carboxylic acid groups (broad SMARTS) is 1. The fourth-order valence-corrected chi connectivity index (χ4v) is 3.82. The third kappa shape index (κ3) is 3.92. The minimum absolute atomic E-state index is 0.0362. The van der Waals surface area contributed by atoms with E-state index < -0.39 is 24.0 Å². The van der Waals surface area contributed by atoms with E-state index in [0.29, 0.717) is 0 Å². The fourth-order valence-electron chi connectivity index (χ4n) is 3.82. The number of fused-ring (bicyclic) bond motifs is 3.